The van der Waals surface area contributed by atoms with Crippen molar-refractivity contribution in [3.05, 3.63) is 41.9 Å². The number of likely N-dealkylation sites (N-methyl/N-ethyl adjacent to an activating group) is 1. The van der Waals surface area contributed by atoms with Gasteiger partial charge in [0.05, 0.1) is 6.20 Å². The summed E-state index contributed by atoms with van der Waals surface area (Å²) in [4.78, 5) is 16.0. The van der Waals surface area contributed by atoms with Crippen molar-refractivity contribution in [3.8, 4) is 5.88 Å². The van der Waals surface area contributed by atoms with E-state index in [0.29, 0.717) is 11.1 Å². The SMILES string of the molecule is CNC(C(=O)NCc1ccnc(OCC(F)(F)F)c1)c1cnn(C)c1. The molecule has 136 valence electrons. The molecule has 0 fully saturated rings. The van der Waals surface area contributed by atoms with Crippen molar-refractivity contribution >= 4 is 5.91 Å². The monoisotopic (exact) mass is 357 g/mol. The molecule has 0 radical (unpaired) electrons. The Morgan fingerprint density at radius 1 is 1.44 bits per heavy atom. The van der Waals surface area contributed by atoms with Crippen molar-refractivity contribution in [2.45, 2.75) is 18.8 Å². The number of rotatable bonds is 7. The summed E-state index contributed by atoms with van der Waals surface area (Å²) >= 11 is 0. The molecule has 0 aliphatic heterocycles. The van der Waals surface area contributed by atoms with Gasteiger partial charge in [0.15, 0.2) is 6.61 Å². The third-order valence-corrected chi connectivity index (χ3v) is 3.26. The zero-order valence-electron chi connectivity index (χ0n) is 13.7. The Hall–Kier alpha value is -2.62. The molecule has 0 saturated carbocycles. The van der Waals surface area contributed by atoms with E-state index in [1.165, 1.54) is 12.3 Å². The van der Waals surface area contributed by atoms with E-state index in [0.717, 1.165) is 0 Å². The first-order valence-electron chi connectivity index (χ1n) is 7.36. The molecule has 25 heavy (non-hydrogen) atoms. The van der Waals surface area contributed by atoms with Crippen molar-refractivity contribution < 1.29 is 22.7 Å². The Labute approximate surface area is 142 Å². The molecule has 1 atom stereocenters. The van der Waals surface area contributed by atoms with Crippen LogP contribution in [-0.4, -0.2) is 40.5 Å². The molecule has 10 heteroatoms. The number of aromatic nitrogens is 3. The van der Waals surface area contributed by atoms with Gasteiger partial charge in [-0.05, 0) is 18.7 Å². The van der Waals surface area contributed by atoms with Gasteiger partial charge in [-0.15, -0.1) is 0 Å². The molecule has 2 aromatic heterocycles. The van der Waals surface area contributed by atoms with E-state index in [9.17, 15) is 18.0 Å². The second kappa shape index (κ2) is 7.97. The fourth-order valence-corrected chi connectivity index (χ4v) is 2.12. The first kappa shape index (κ1) is 18.7. The zero-order chi connectivity index (χ0) is 18.4. The molecule has 0 saturated heterocycles. The van der Waals surface area contributed by atoms with Crippen LogP contribution in [0.2, 0.25) is 0 Å². The van der Waals surface area contributed by atoms with Crippen molar-refractivity contribution in [2.24, 2.45) is 7.05 Å². The number of amides is 1. The van der Waals surface area contributed by atoms with Gasteiger partial charge >= 0.3 is 6.18 Å². The molecule has 2 rings (SSSR count). The molecule has 1 amide bonds. The highest BCUT2D eigenvalue weighted by Gasteiger charge is 2.28. The number of hydrogen-bond donors (Lipinski definition) is 2. The van der Waals surface area contributed by atoms with Crippen LogP contribution in [0.1, 0.15) is 17.2 Å². The van der Waals surface area contributed by atoms with E-state index >= 15 is 0 Å². The first-order valence-corrected chi connectivity index (χ1v) is 7.36. The standard InChI is InChI=1S/C15H18F3N5O2/c1-19-13(11-7-22-23(2)8-11)14(24)21-6-10-3-4-20-12(5-10)25-9-15(16,17)18/h3-5,7-8,13,19H,6,9H2,1-2H3,(H,21,24). The normalized spacial score (nSPS) is 12.7. The molecular weight excluding hydrogens is 339 g/mol. The molecule has 0 spiro atoms. The maximum atomic E-state index is 12.3. The number of halogens is 3. The third kappa shape index (κ3) is 5.75. The van der Waals surface area contributed by atoms with Crippen LogP contribution in [0.25, 0.3) is 0 Å². The van der Waals surface area contributed by atoms with Gasteiger partial charge in [0, 0.05) is 37.6 Å². The van der Waals surface area contributed by atoms with Crippen LogP contribution in [0.3, 0.4) is 0 Å². The highest BCUT2D eigenvalue weighted by molar-refractivity contribution is 5.83. The molecular formula is C15H18F3N5O2. The zero-order valence-corrected chi connectivity index (χ0v) is 13.7. The fraction of sp³-hybridized carbons (Fsp3) is 0.400. The van der Waals surface area contributed by atoms with E-state index in [2.05, 4.69) is 25.5 Å². The average Bonchev–Trinajstić information content (AvgIpc) is 2.97. The minimum Gasteiger partial charge on any atom is -0.468 e. The number of carbonyl (C=O) groups is 1. The molecule has 7 nitrogen and oxygen atoms in total. The molecule has 0 aliphatic carbocycles. The van der Waals surface area contributed by atoms with Crippen LogP contribution in [0.15, 0.2) is 30.7 Å². The highest BCUT2D eigenvalue weighted by atomic mass is 19.4. The lowest BCUT2D eigenvalue weighted by Crippen LogP contribution is -2.35. The number of nitrogens with zero attached hydrogens (tertiary/aromatic N) is 3. The summed E-state index contributed by atoms with van der Waals surface area (Å²) in [5.74, 6) is -0.438. The summed E-state index contributed by atoms with van der Waals surface area (Å²) in [5.41, 5.74) is 1.27. The smallest absolute Gasteiger partial charge is 0.422 e. The third-order valence-electron chi connectivity index (χ3n) is 3.26. The Morgan fingerprint density at radius 2 is 2.20 bits per heavy atom. The van der Waals surface area contributed by atoms with Crippen molar-refractivity contribution in [1.82, 2.24) is 25.4 Å². The molecule has 1 unspecified atom stereocenters. The topological polar surface area (TPSA) is 81.1 Å². The molecule has 0 aliphatic rings. The van der Waals surface area contributed by atoms with E-state index in [1.54, 1.807) is 37.2 Å². The molecule has 2 heterocycles. The van der Waals surface area contributed by atoms with Gasteiger partial charge in [0.2, 0.25) is 11.8 Å². The van der Waals surface area contributed by atoms with Gasteiger partial charge in [0.1, 0.15) is 6.04 Å². The Morgan fingerprint density at radius 3 is 2.80 bits per heavy atom. The summed E-state index contributed by atoms with van der Waals surface area (Å²) in [6.45, 7) is -1.29. The summed E-state index contributed by atoms with van der Waals surface area (Å²) in [5, 5.41) is 9.62. The Kier molecular flexibility index (Phi) is 5.97. The summed E-state index contributed by atoms with van der Waals surface area (Å²) in [6.07, 6.45) is 0.187. The van der Waals surface area contributed by atoms with Gasteiger partial charge < -0.3 is 15.4 Å². The van der Waals surface area contributed by atoms with Crippen LogP contribution >= 0.6 is 0 Å². The van der Waals surface area contributed by atoms with Crippen molar-refractivity contribution in [1.29, 1.82) is 0 Å². The number of nitrogens with one attached hydrogen (secondary N) is 2. The maximum absolute atomic E-state index is 12.3. The average molecular weight is 357 g/mol. The fourth-order valence-electron chi connectivity index (χ4n) is 2.12. The van der Waals surface area contributed by atoms with Gasteiger partial charge in [-0.3, -0.25) is 9.48 Å². The largest absolute Gasteiger partial charge is 0.468 e. The van der Waals surface area contributed by atoms with Crippen molar-refractivity contribution in [2.75, 3.05) is 13.7 Å². The minimum atomic E-state index is -4.43. The lowest BCUT2D eigenvalue weighted by Gasteiger charge is -2.15. The van der Waals surface area contributed by atoms with Gasteiger partial charge in [-0.25, -0.2) is 4.98 Å². The lowest BCUT2D eigenvalue weighted by molar-refractivity contribution is -0.154. The summed E-state index contributed by atoms with van der Waals surface area (Å²) < 4.78 is 42.7. The lowest BCUT2D eigenvalue weighted by atomic mass is 10.1. The minimum absolute atomic E-state index is 0.127. The van der Waals surface area contributed by atoms with E-state index in [4.69, 9.17) is 0 Å². The first-order chi connectivity index (χ1) is 11.8. The predicted octanol–water partition coefficient (Wildman–Crippen LogP) is 1.33. The quantitative estimate of drug-likeness (QED) is 0.782. The molecule has 2 N–H and O–H groups in total. The number of pyridine rings is 1. The van der Waals surface area contributed by atoms with E-state index in [-0.39, 0.29) is 18.3 Å². The summed E-state index contributed by atoms with van der Waals surface area (Å²) in [6, 6.07) is 2.35. The van der Waals surface area contributed by atoms with Crippen LogP contribution in [0.4, 0.5) is 13.2 Å². The predicted molar refractivity (Wildman–Crippen MR) is 82.6 cm³/mol. The number of carbonyl (C=O) groups excluding carboxylic acids is 1. The number of alkyl halides is 3. The van der Waals surface area contributed by atoms with Crippen LogP contribution in [0.5, 0.6) is 5.88 Å². The van der Waals surface area contributed by atoms with Crippen molar-refractivity contribution in [3.63, 3.8) is 0 Å². The maximum Gasteiger partial charge on any atom is 0.422 e. The molecule has 0 bridgehead atoms. The van der Waals surface area contributed by atoms with E-state index < -0.39 is 18.8 Å². The second-order valence-electron chi connectivity index (χ2n) is 5.29. The molecule has 0 aromatic carbocycles. The summed E-state index contributed by atoms with van der Waals surface area (Å²) in [7, 11) is 3.39. The Bertz CT molecular complexity index is 717. The number of ether oxygens (including phenoxy) is 1. The number of hydrogen-bond acceptors (Lipinski definition) is 5. The van der Waals surface area contributed by atoms with Crippen LogP contribution < -0.4 is 15.4 Å². The van der Waals surface area contributed by atoms with Crippen LogP contribution in [-0.2, 0) is 18.4 Å². The highest BCUT2D eigenvalue weighted by Crippen LogP contribution is 2.18. The molecule has 2 aromatic rings. The van der Waals surface area contributed by atoms with Crippen LogP contribution in [0, 0.1) is 0 Å². The van der Waals surface area contributed by atoms with Gasteiger partial charge in [-0.2, -0.15) is 18.3 Å². The van der Waals surface area contributed by atoms with Gasteiger partial charge in [0.25, 0.3) is 0 Å². The second-order valence-corrected chi connectivity index (χ2v) is 5.29. The van der Waals surface area contributed by atoms with Gasteiger partial charge in [-0.1, -0.05) is 0 Å². The number of aryl methyl sites for hydroxylation is 1. The van der Waals surface area contributed by atoms with E-state index in [1.807, 2.05) is 0 Å². The Balaban J connectivity index is 1.94.